The lowest BCUT2D eigenvalue weighted by Gasteiger charge is -2.06. The highest BCUT2D eigenvalue weighted by atomic mass is 35.5. The van der Waals surface area contributed by atoms with E-state index in [2.05, 4.69) is 0 Å². The molecule has 0 saturated carbocycles. The van der Waals surface area contributed by atoms with Gasteiger partial charge >= 0.3 is 5.97 Å². The van der Waals surface area contributed by atoms with Gasteiger partial charge in [-0.05, 0) is 42.5 Å². The van der Waals surface area contributed by atoms with E-state index >= 15 is 0 Å². The third kappa shape index (κ3) is 2.80. The second-order valence-corrected chi connectivity index (χ2v) is 4.27. The average Bonchev–Trinajstić information content (AvgIpc) is 2.38. The number of carboxylic acids is 1. The molecule has 19 heavy (non-hydrogen) atoms. The van der Waals surface area contributed by atoms with Gasteiger partial charge < -0.3 is 5.11 Å². The number of halogens is 2. The number of ketones is 1. The summed E-state index contributed by atoms with van der Waals surface area (Å²) in [6.45, 7) is 0. The molecule has 0 radical (unpaired) electrons. The lowest BCUT2D eigenvalue weighted by Crippen LogP contribution is -2.09. The van der Waals surface area contributed by atoms with Crippen LogP contribution in [0.15, 0.2) is 42.5 Å². The van der Waals surface area contributed by atoms with Crippen LogP contribution in [0.3, 0.4) is 0 Å². The van der Waals surface area contributed by atoms with Crippen LogP contribution in [-0.2, 0) is 0 Å². The van der Waals surface area contributed by atoms with Gasteiger partial charge in [0.15, 0.2) is 5.78 Å². The van der Waals surface area contributed by atoms with E-state index in [1.54, 1.807) is 0 Å². The Bertz CT molecular complexity index is 650. The number of hydrogen-bond acceptors (Lipinski definition) is 2. The first kappa shape index (κ1) is 13.2. The minimum absolute atomic E-state index is 0.0217. The molecule has 2 rings (SSSR count). The molecule has 0 aromatic heterocycles. The fourth-order valence-electron chi connectivity index (χ4n) is 1.65. The maximum Gasteiger partial charge on any atom is 0.336 e. The van der Waals surface area contributed by atoms with Crippen molar-refractivity contribution in [2.24, 2.45) is 0 Å². The van der Waals surface area contributed by atoms with Gasteiger partial charge in [0.2, 0.25) is 0 Å². The van der Waals surface area contributed by atoms with Crippen molar-refractivity contribution in [3.8, 4) is 0 Å². The van der Waals surface area contributed by atoms with E-state index < -0.39 is 17.6 Å². The van der Waals surface area contributed by atoms with Gasteiger partial charge in [-0.15, -0.1) is 0 Å². The molecular weight excluding hydrogens is 271 g/mol. The molecule has 0 aliphatic carbocycles. The lowest BCUT2D eigenvalue weighted by molar-refractivity contribution is 0.0693. The van der Waals surface area contributed by atoms with Gasteiger partial charge in [0, 0.05) is 16.1 Å². The van der Waals surface area contributed by atoms with Crippen LogP contribution >= 0.6 is 11.6 Å². The molecule has 0 amide bonds. The first-order valence-electron chi connectivity index (χ1n) is 5.32. The maximum atomic E-state index is 12.8. The number of carbonyl (C=O) groups is 2. The van der Waals surface area contributed by atoms with Crippen molar-refractivity contribution in [2.45, 2.75) is 0 Å². The molecule has 0 heterocycles. The number of carboxylic acid groups (broad SMARTS) is 1. The number of aromatic carboxylic acids is 1. The summed E-state index contributed by atoms with van der Waals surface area (Å²) in [5.41, 5.74) is 0.0384. The van der Waals surface area contributed by atoms with Gasteiger partial charge in [0.1, 0.15) is 5.82 Å². The minimum Gasteiger partial charge on any atom is -0.478 e. The molecule has 5 heteroatoms. The molecule has 0 unspecified atom stereocenters. The molecule has 0 aliphatic heterocycles. The Labute approximate surface area is 113 Å². The van der Waals surface area contributed by atoms with Crippen LogP contribution in [0.4, 0.5) is 4.39 Å². The Morgan fingerprint density at radius 2 is 1.63 bits per heavy atom. The summed E-state index contributed by atoms with van der Waals surface area (Å²) in [5, 5.41) is 9.30. The van der Waals surface area contributed by atoms with Crippen molar-refractivity contribution >= 4 is 23.4 Å². The molecule has 0 atom stereocenters. The summed E-state index contributed by atoms with van der Waals surface area (Å²) in [7, 11) is 0. The van der Waals surface area contributed by atoms with Crippen molar-refractivity contribution in [1.29, 1.82) is 0 Å². The quantitative estimate of drug-likeness (QED) is 0.876. The zero-order valence-corrected chi connectivity index (χ0v) is 10.3. The normalized spacial score (nSPS) is 10.2. The van der Waals surface area contributed by atoms with Gasteiger partial charge in [0.05, 0.1) is 5.56 Å². The number of benzene rings is 2. The monoisotopic (exact) mass is 278 g/mol. The molecule has 0 fully saturated rings. The van der Waals surface area contributed by atoms with Crippen LogP contribution in [0.1, 0.15) is 26.3 Å². The number of hydrogen-bond donors (Lipinski definition) is 1. The largest absolute Gasteiger partial charge is 0.478 e. The SMILES string of the molecule is O=C(O)c1ccc(Cl)cc1C(=O)c1ccc(F)cc1. The van der Waals surface area contributed by atoms with Crippen molar-refractivity contribution < 1.29 is 19.1 Å². The molecule has 0 aliphatic rings. The summed E-state index contributed by atoms with van der Waals surface area (Å²) in [5.74, 6) is -2.21. The molecule has 0 saturated heterocycles. The summed E-state index contributed by atoms with van der Waals surface area (Å²) in [6.07, 6.45) is 0. The lowest BCUT2D eigenvalue weighted by atomic mass is 9.98. The number of rotatable bonds is 3. The Balaban J connectivity index is 2.51. The molecule has 0 bridgehead atoms. The van der Waals surface area contributed by atoms with Crippen LogP contribution in [0.2, 0.25) is 5.02 Å². The van der Waals surface area contributed by atoms with Crippen LogP contribution in [-0.4, -0.2) is 16.9 Å². The fraction of sp³-hybridized carbons (Fsp3) is 0. The summed E-state index contributed by atoms with van der Waals surface area (Å²) in [6, 6.07) is 8.81. The van der Waals surface area contributed by atoms with E-state index in [0.29, 0.717) is 0 Å². The third-order valence-electron chi connectivity index (χ3n) is 2.56. The Morgan fingerprint density at radius 3 is 2.21 bits per heavy atom. The predicted octanol–water partition coefficient (Wildman–Crippen LogP) is 3.41. The Kier molecular flexibility index (Phi) is 3.62. The van der Waals surface area contributed by atoms with E-state index in [9.17, 15) is 14.0 Å². The van der Waals surface area contributed by atoms with Gasteiger partial charge in [0.25, 0.3) is 0 Å². The van der Waals surface area contributed by atoms with Crippen LogP contribution < -0.4 is 0 Å². The second kappa shape index (κ2) is 5.20. The molecule has 0 spiro atoms. The molecule has 2 aromatic carbocycles. The van der Waals surface area contributed by atoms with E-state index in [-0.39, 0.29) is 21.7 Å². The highest BCUT2D eigenvalue weighted by Gasteiger charge is 2.18. The molecule has 3 nitrogen and oxygen atoms in total. The minimum atomic E-state index is -1.22. The maximum absolute atomic E-state index is 12.8. The fourth-order valence-corrected chi connectivity index (χ4v) is 1.82. The highest BCUT2D eigenvalue weighted by molar-refractivity contribution is 6.31. The first-order chi connectivity index (χ1) is 8.99. The molecule has 2 aromatic rings. The standard InChI is InChI=1S/C14H8ClFO3/c15-9-3-6-11(14(18)19)12(7-9)13(17)8-1-4-10(16)5-2-8/h1-7H,(H,18,19). The van der Waals surface area contributed by atoms with E-state index in [1.807, 2.05) is 0 Å². The van der Waals surface area contributed by atoms with Crippen LogP contribution in [0.5, 0.6) is 0 Å². The topological polar surface area (TPSA) is 54.4 Å². The van der Waals surface area contributed by atoms with Gasteiger partial charge in [-0.2, -0.15) is 0 Å². The zero-order chi connectivity index (χ0) is 14.0. The summed E-state index contributed by atoms with van der Waals surface area (Å²) >= 11 is 5.77. The molecule has 96 valence electrons. The summed E-state index contributed by atoms with van der Waals surface area (Å²) in [4.78, 5) is 23.3. The molecule has 1 N–H and O–H groups in total. The van der Waals surface area contributed by atoms with E-state index in [1.165, 1.54) is 30.3 Å². The van der Waals surface area contributed by atoms with Gasteiger partial charge in [-0.25, -0.2) is 9.18 Å². The van der Waals surface area contributed by atoms with Crippen LogP contribution in [0.25, 0.3) is 0 Å². The smallest absolute Gasteiger partial charge is 0.336 e. The van der Waals surface area contributed by atoms with E-state index in [4.69, 9.17) is 16.7 Å². The second-order valence-electron chi connectivity index (χ2n) is 3.83. The van der Waals surface area contributed by atoms with Crippen molar-refractivity contribution in [2.75, 3.05) is 0 Å². The van der Waals surface area contributed by atoms with Crippen molar-refractivity contribution in [3.05, 3.63) is 70.0 Å². The predicted molar refractivity (Wildman–Crippen MR) is 68.2 cm³/mol. The van der Waals surface area contributed by atoms with E-state index in [0.717, 1.165) is 12.1 Å². The summed E-state index contributed by atoms with van der Waals surface area (Å²) < 4.78 is 12.8. The average molecular weight is 279 g/mol. The zero-order valence-electron chi connectivity index (χ0n) is 9.56. The van der Waals surface area contributed by atoms with Crippen molar-refractivity contribution in [3.63, 3.8) is 0 Å². The van der Waals surface area contributed by atoms with Gasteiger partial charge in [-0.3, -0.25) is 4.79 Å². The van der Waals surface area contributed by atoms with Crippen molar-refractivity contribution in [1.82, 2.24) is 0 Å². The van der Waals surface area contributed by atoms with Gasteiger partial charge in [-0.1, -0.05) is 11.6 Å². The third-order valence-corrected chi connectivity index (χ3v) is 2.80. The van der Waals surface area contributed by atoms with Crippen LogP contribution in [0, 0.1) is 5.82 Å². The molecular formula is C14H8ClFO3. The first-order valence-corrected chi connectivity index (χ1v) is 5.70. The Hall–Kier alpha value is -2.20. The Morgan fingerprint density at radius 1 is 1.00 bits per heavy atom. The number of carbonyl (C=O) groups excluding carboxylic acids is 1. The highest BCUT2D eigenvalue weighted by Crippen LogP contribution is 2.20.